The lowest BCUT2D eigenvalue weighted by atomic mass is 9.94. The quantitative estimate of drug-likeness (QED) is 0.606. The van der Waals surface area contributed by atoms with Gasteiger partial charge in [-0.25, -0.2) is 8.42 Å². The lowest BCUT2D eigenvalue weighted by Gasteiger charge is -2.39. The minimum absolute atomic E-state index is 0.0668. The Bertz CT molecular complexity index is 1150. The maximum Gasteiger partial charge on any atom is 0.264 e. The number of aromatic nitrogens is 1. The van der Waals surface area contributed by atoms with Gasteiger partial charge in [0.25, 0.3) is 15.9 Å². The first-order valence-corrected chi connectivity index (χ1v) is 11.3. The maximum absolute atomic E-state index is 12.9. The summed E-state index contributed by atoms with van der Waals surface area (Å²) < 4.78 is 28.3. The molecule has 1 saturated heterocycles. The van der Waals surface area contributed by atoms with E-state index in [0.717, 1.165) is 18.2 Å². The van der Waals surface area contributed by atoms with Gasteiger partial charge in [0.15, 0.2) is 0 Å². The number of aliphatic hydroxyl groups is 1. The highest BCUT2D eigenvalue weighted by atomic mass is 32.2. The normalized spacial score (nSPS) is 14.5. The van der Waals surface area contributed by atoms with Crippen LogP contribution in [0.1, 0.15) is 23.2 Å². The second kappa shape index (κ2) is 8.41. The van der Waals surface area contributed by atoms with E-state index in [1.54, 1.807) is 47.5 Å². The van der Waals surface area contributed by atoms with Crippen LogP contribution in [-0.2, 0) is 10.0 Å². The Morgan fingerprint density at radius 2 is 1.83 bits per heavy atom. The Morgan fingerprint density at radius 3 is 2.57 bits per heavy atom. The van der Waals surface area contributed by atoms with E-state index in [-0.39, 0.29) is 17.4 Å². The molecule has 1 fully saturated rings. The number of hydrogen-bond donors (Lipinski definition) is 2. The fourth-order valence-electron chi connectivity index (χ4n) is 3.66. The number of fused-ring (bicyclic) bond motifs is 1. The molecule has 2 aromatic carbocycles. The van der Waals surface area contributed by atoms with E-state index in [0.29, 0.717) is 35.8 Å². The average Bonchev–Trinajstić information content (AvgIpc) is 2.72. The summed E-state index contributed by atoms with van der Waals surface area (Å²) in [6.07, 6.45) is 3.24. The smallest absolute Gasteiger partial charge is 0.264 e. The van der Waals surface area contributed by atoms with E-state index >= 15 is 0 Å². The van der Waals surface area contributed by atoms with Crippen LogP contribution in [0.2, 0.25) is 0 Å². The molecule has 0 saturated carbocycles. The highest BCUT2D eigenvalue weighted by Gasteiger charge is 2.30. The zero-order valence-corrected chi connectivity index (χ0v) is 17.2. The second-order valence-corrected chi connectivity index (χ2v) is 9.11. The fourth-order valence-corrected chi connectivity index (χ4v) is 4.90. The van der Waals surface area contributed by atoms with Gasteiger partial charge in [-0.15, -0.1) is 0 Å². The van der Waals surface area contributed by atoms with Crippen LogP contribution in [0.4, 0.5) is 5.69 Å². The number of anilines is 1. The number of hydrogen-bond acceptors (Lipinski definition) is 5. The van der Waals surface area contributed by atoms with Crippen LogP contribution >= 0.6 is 0 Å². The number of nitrogens with one attached hydrogen (secondary N) is 1. The van der Waals surface area contributed by atoms with Crippen molar-refractivity contribution in [2.24, 2.45) is 5.92 Å². The Labute approximate surface area is 175 Å². The Morgan fingerprint density at radius 1 is 1.10 bits per heavy atom. The van der Waals surface area contributed by atoms with E-state index in [1.165, 1.54) is 6.07 Å². The number of rotatable bonds is 7. The molecule has 4 rings (SSSR count). The molecule has 2 heterocycles. The van der Waals surface area contributed by atoms with Gasteiger partial charge in [0, 0.05) is 42.5 Å². The first kappa shape index (κ1) is 20.3. The number of benzene rings is 2. The summed E-state index contributed by atoms with van der Waals surface area (Å²) >= 11 is 0. The average molecular weight is 426 g/mol. The maximum atomic E-state index is 12.9. The fraction of sp³-hybridized carbons (Fsp3) is 0.273. The van der Waals surface area contributed by atoms with Gasteiger partial charge in [-0.3, -0.25) is 14.5 Å². The number of aliphatic hydroxyl groups excluding tert-OH is 1. The van der Waals surface area contributed by atoms with Gasteiger partial charge in [-0.1, -0.05) is 18.2 Å². The van der Waals surface area contributed by atoms with Gasteiger partial charge < -0.3 is 10.0 Å². The SMILES string of the molecule is O=C(c1ccc(NS(=O)(=O)c2cccc3cccnc23)cc1)N1CC(CCCO)C1. The summed E-state index contributed by atoms with van der Waals surface area (Å²) in [5, 5.41) is 9.63. The molecular weight excluding hydrogens is 402 g/mol. The van der Waals surface area contributed by atoms with Crippen molar-refractivity contribution in [1.82, 2.24) is 9.88 Å². The zero-order chi connectivity index (χ0) is 21.1. The molecule has 3 aromatic rings. The van der Waals surface area contributed by atoms with Crippen molar-refractivity contribution in [3.63, 3.8) is 0 Å². The molecule has 2 N–H and O–H groups in total. The minimum Gasteiger partial charge on any atom is -0.396 e. The Kier molecular flexibility index (Phi) is 5.69. The zero-order valence-electron chi connectivity index (χ0n) is 16.4. The van der Waals surface area contributed by atoms with E-state index in [4.69, 9.17) is 5.11 Å². The Hall–Kier alpha value is -2.97. The first-order chi connectivity index (χ1) is 14.5. The molecule has 30 heavy (non-hydrogen) atoms. The summed E-state index contributed by atoms with van der Waals surface area (Å²) in [7, 11) is -3.83. The van der Waals surface area contributed by atoms with Crippen LogP contribution in [0.5, 0.6) is 0 Å². The largest absolute Gasteiger partial charge is 0.396 e. The summed E-state index contributed by atoms with van der Waals surface area (Å²) in [4.78, 5) is 18.6. The number of nitrogens with zero attached hydrogens (tertiary/aromatic N) is 2. The van der Waals surface area contributed by atoms with Crippen LogP contribution in [0, 0.1) is 5.92 Å². The molecule has 1 amide bonds. The second-order valence-electron chi connectivity index (χ2n) is 7.46. The number of carbonyl (C=O) groups excluding carboxylic acids is 1. The minimum atomic E-state index is -3.83. The van der Waals surface area contributed by atoms with Crippen molar-refractivity contribution in [2.45, 2.75) is 17.7 Å². The molecule has 1 aliphatic heterocycles. The van der Waals surface area contributed by atoms with Crippen molar-refractivity contribution >= 4 is 32.5 Å². The number of sulfonamides is 1. The summed E-state index contributed by atoms with van der Waals surface area (Å²) in [6, 6.07) is 15.0. The molecule has 8 heteroatoms. The van der Waals surface area contributed by atoms with Crippen molar-refractivity contribution < 1.29 is 18.3 Å². The predicted octanol–water partition coefficient (Wildman–Crippen LogP) is 2.88. The third-order valence-electron chi connectivity index (χ3n) is 5.28. The van der Waals surface area contributed by atoms with Gasteiger partial charge in [0.1, 0.15) is 4.90 Å². The van der Waals surface area contributed by atoms with Crippen LogP contribution in [-0.4, -0.2) is 49.0 Å². The molecule has 0 aliphatic carbocycles. The lowest BCUT2D eigenvalue weighted by molar-refractivity contribution is 0.0473. The van der Waals surface area contributed by atoms with Crippen molar-refractivity contribution in [3.8, 4) is 0 Å². The standard InChI is InChI=1S/C22H23N3O4S/c26-13-3-4-16-14-25(15-16)22(27)18-8-10-19(11-9-18)24-30(28,29)20-7-1-5-17-6-2-12-23-21(17)20/h1-2,5-12,16,24,26H,3-4,13-15H2. The van der Waals surface area contributed by atoms with Crippen LogP contribution in [0.15, 0.2) is 65.7 Å². The summed E-state index contributed by atoms with van der Waals surface area (Å²) in [6.45, 7) is 1.57. The number of para-hydroxylation sites is 1. The van der Waals surface area contributed by atoms with Crippen LogP contribution in [0.3, 0.4) is 0 Å². The molecule has 0 bridgehead atoms. The molecule has 0 spiro atoms. The van der Waals surface area contributed by atoms with Crippen molar-refractivity contribution in [3.05, 3.63) is 66.4 Å². The summed E-state index contributed by atoms with van der Waals surface area (Å²) in [5.41, 5.74) is 1.31. The molecule has 0 radical (unpaired) electrons. The van der Waals surface area contributed by atoms with Gasteiger partial charge in [-0.2, -0.15) is 0 Å². The molecule has 156 valence electrons. The number of likely N-dealkylation sites (tertiary alicyclic amines) is 1. The van der Waals surface area contributed by atoms with E-state index in [9.17, 15) is 13.2 Å². The first-order valence-electron chi connectivity index (χ1n) is 9.85. The van der Waals surface area contributed by atoms with E-state index in [2.05, 4.69) is 9.71 Å². The van der Waals surface area contributed by atoms with E-state index in [1.807, 2.05) is 12.1 Å². The monoisotopic (exact) mass is 425 g/mol. The van der Waals surface area contributed by atoms with Crippen molar-refractivity contribution in [1.29, 1.82) is 0 Å². The van der Waals surface area contributed by atoms with Crippen LogP contribution < -0.4 is 4.72 Å². The van der Waals surface area contributed by atoms with Gasteiger partial charge in [-0.05, 0) is 55.2 Å². The third kappa shape index (κ3) is 4.15. The molecule has 7 nitrogen and oxygen atoms in total. The summed E-state index contributed by atoms with van der Waals surface area (Å²) in [5.74, 6) is 0.379. The number of carbonyl (C=O) groups is 1. The predicted molar refractivity (Wildman–Crippen MR) is 115 cm³/mol. The van der Waals surface area contributed by atoms with E-state index < -0.39 is 10.0 Å². The molecular formula is C22H23N3O4S. The Balaban J connectivity index is 1.45. The molecule has 1 aliphatic rings. The van der Waals surface area contributed by atoms with Gasteiger partial charge in [0.05, 0.1) is 5.52 Å². The highest BCUT2D eigenvalue weighted by molar-refractivity contribution is 7.93. The van der Waals surface area contributed by atoms with Crippen LogP contribution in [0.25, 0.3) is 10.9 Å². The lowest BCUT2D eigenvalue weighted by Crippen LogP contribution is -2.49. The number of amides is 1. The third-order valence-corrected chi connectivity index (χ3v) is 6.70. The molecule has 0 atom stereocenters. The van der Waals surface area contributed by atoms with Gasteiger partial charge >= 0.3 is 0 Å². The number of pyridine rings is 1. The topological polar surface area (TPSA) is 99.6 Å². The molecule has 1 aromatic heterocycles. The highest BCUT2D eigenvalue weighted by Crippen LogP contribution is 2.25. The van der Waals surface area contributed by atoms with Crippen molar-refractivity contribution in [2.75, 3.05) is 24.4 Å². The molecule has 0 unspecified atom stereocenters. The van der Waals surface area contributed by atoms with Gasteiger partial charge in [0.2, 0.25) is 0 Å².